The van der Waals surface area contributed by atoms with E-state index in [0.29, 0.717) is 16.8 Å². The van der Waals surface area contributed by atoms with Crippen molar-refractivity contribution in [3.05, 3.63) is 53.2 Å². The molecule has 0 saturated carbocycles. The second-order valence-corrected chi connectivity index (χ2v) is 10.9. The van der Waals surface area contributed by atoms with E-state index in [4.69, 9.17) is 21.3 Å². The summed E-state index contributed by atoms with van der Waals surface area (Å²) in [5.74, 6) is 0.270. The van der Waals surface area contributed by atoms with Crippen LogP contribution in [0.5, 0.6) is 5.75 Å². The molecule has 1 unspecified atom stereocenters. The van der Waals surface area contributed by atoms with Gasteiger partial charge >= 0.3 is 0 Å². The number of nitrogens with zero attached hydrogens (tertiary/aromatic N) is 1. The summed E-state index contributed by atoms with van der Waals surface area (Å²) < 4.78 is 34.3. The molecule has 9 heteroatoms. The Hall–Kier alpha value is -2.29. The highest BCUT2D eigenvalue weighted by Crippen LogP contribution is 2.37. The number of thiazole rings is 1. The number of methoxy groups -OCH3 is 1. The number of sulfonamides is 1. The number of benzene rings is 2. The monoisotopic (exact) mass is 507 g/mol. The minimum absolute atomic E-state index is 0.0640. The summed E-state index contributed by atoms with van der Waals surface area (Å²) in [5, 5.41) is 4.92. The molecule has 33 heavy (non-hydrogen) atoms. The first-order valence-corrected chi connectivity index (χ1v) is 13.7. The Morgan fingerprint density at radius 1 is 1.15 bits per heavy atom. The number of hydrogen-bond acceptors (Lipinski definition) is 6. The van der Waals surface area contributed by atoms with E-state index < -0.39 is 10.0 Å². The van der Waals surface area contributed by atoms with Gasteiger partial charge in [-0.1, -0.05) is 49.6 Å². The average molecular weight is 508 g/mol. The summed E-state index contributed by atoms with van der Waals surface area (Å²) in [6, 6.07) is 12.0. The van der Waals surface area contributed by atoms with Crippen molar-refractivity contribution in [1.29, 1.82) is 0 Å². The lowest BCUT2D eigenvalue weighted by atomic mass is 10.1. The van der Waals surface area contributed by atoms with Crippen molar-refractivity contribution < 1.29 is 13.2 Å². The minimum atomic E-state index is -3.89. The van der Waals surface area contributed by atoms with E-state index in [9.17, 15) is 8.42 Å². The molecule has 2 aromatic carbocycles. The van der Waals surface area contributed by atoms with Crippen molar-refractivity contribution >= 4 is 43.8 Å². The highest BCUT2D eigenvalue weighted by molar-refractivity contribution is 7.92. The van der Waals surface area contributed by atoms with E-state index in [-0.39, 0.29) is 10.6 Å². The molecule has 1 atom stereocenters. The molecule has 1 aromatic heterocycles. The quantitative estimate of drug-likeness (QED) is 0.293. The molecule has 0 bridgehead atoms. The van der Waals surface area contributed by atoms with Gasteiger partial charge in [0.1, 0.15) is 10.6 Å². The van der Waals surface area contributed by atoms with Gasteiger partial charge in [-0.05, 0) is 67.8 Å². The summed E-state index contributed by atoms with van der Waals surface area (Å²) >= 11 is 7.45. The Kier molecular flexibility index (Phi) is 8.62. The third-order valence-corrected chi connectivity index (χ3v) is 8.13. The molecular weight excluding hydrogens is 478 g/mol. The largest absolute Gasteiger partial charge is 0.495 e. The zero-order valence-corrected chi connectivity index (χ0v) is 21.7. The highest BCUT2D eigenvalue weighted by atomic mass is 35.5. The van der Waals surface area contributed by atoms with Crippen molar-refractivity contribution in [3.63, 3.8) is 0 Å². The smallest absolute Gasteiger partial charge is 0.265 e. The van der Waals surface area contributed by atoms with Gasteiger partial charge in [0.15, 0.2) is 5.13 Å². The molecule has 1 heterocycles. The van der Waals surface area contributed by atoms with Gasteiger partial charge in [0, 0.05) is 16.8 Å². The zero-order valence-electron chi connectivity index (χ0n) is 19.3. The Morgan fingerprint density at radius 2 is 1.88 bits per heavy atom. The average Bonchev–Trinajstić information content (AvgIpc) is 3.17. The van der Waals surface area contributed by atoms with Gasteiger partial charge in [-0.2, -0.15) is 0 Å². The van der Waals surface area contributed by atoms with Crippen molar-refractivity contribution in [2.45, 2.75) is 57.4 Å². The molecule has 3 aromatic rings. The molecule has 0 aliphatic heterocycles. The lowest BCUT2D eigenvalue weighted by Crippen LogP contribution is -2.17. The fourth-order valence-electron chi connectivity index (χ4n) is 3.49. The molecule has 0 amide bonds. The number of hydrogen-bond donors (Lipinski definition) is 2. The maximum Gasteiger partial charge on any atom is 0.265 e. The molecule has 0 saturated heterocycles. The third kappa shape index (κ3) is 6.40. The van der Waals surface area contributed by atoms with Crippen LogP contribution in [0.2, 0.25) is 5.02 Å². The molecule has 0 fully saturated rings. The molecule has 0 spiro atoms. The van der Waals surface area contributed by atoms with Crippen molar-refractivity contribution in [2.75, 3.05) is 17.1 Å². The second-order valence-electron chi connectivity index (χ2n) is 7.80. The summed E-state index contributed by atoms with van der Waals surface area (Å²) in [6.07, 6.45) is 4.45. The van der Waals surface area contributed by atoms with Gasteiger partial charge in [-0.25, -0.2) is 13.4 Å². The van der Waals surface area contributed by atoms with E-state index in [1.807, 2.05) is 13.0 Å². The first-order valence-electron chi connectivity index (χ1n) is 11.0. The van der Waals surface area contributed by atoms with Gasteiger partial charge in [0.05, 0.1) is 17.7 Å². The lowest BCUT2D eigenvalue weighted by molar-refractivity contribution is 0.403. The van der Waals surface area contributed by atoms with Gasteiger partial charge in [0.2, 0.25) is 0 Å². The normalized spacial score (nSPS) is 12.4. The maximum atomic E-state index is 13.2. The molecule has 0 aliphatic rings. The number of aryl methyl sites for hydroxylation is 1. The van der Waals surface area contributed by atoms with Crippen LogP contribution in [0, 0.1) is 6.92 Å². The lowest BCUT2D eigenvalue weighted by Gasteiger charge is -2.15. The molecular formula is C24H30ClN3O3S2. The zero-order chi connectivity index (χ0) is 24.0. The second kappa shape index (κ2) is 11.2. The molecule has 2 N–H and O–H groups in total. The van der Waals surface area contributed by atoms with E-state index in [1.54, 1.807) is 36.4 Å². The third-order valence-electron chi connectivity index (χ3n) is 5.33. The maximum absolute atomic E-state index is 13.2. The Bertz CT molecular complexity index is 1180. The number of aromatic nitrogens is 1. The van der Waals surface area contributed by atoms with Crippen LogP contribution in [0.15, 0.2) is 47.4 Å². The van der Waals surface area contributed by atoms with Gasteiger partial charge < -0.3 is 10.1 Å². The van der Waals surface area contributed by atoms with Crippen LogP contribution in [0.4, 0.5) is 10.8 Å². The van der Waals surface area contributed by atoms with Crippen molar-refractivity contribution in [3.8, 4) is 16.2 Å². The molecule has 0 radical (unpaired) electrons. The van der Waals surface area contributed by atoms with Gasteiger partial charge in [0.25, 0.3) is 10.0 Å². The number of unbranched alkanes of at least 4 members (excludes halogenated alkanes) is 1. The van der Waals surface area contributed by atoms with Crippen LogP contribution in [0.1, 0.15) is 45.2 Å². The molecule has 0 aliphatic carbocycles. The predicted molar refractivity (Wildman–Crippen MR) is 138 cm³/mol. The van der Waals surface area contributed by atoms with E-state index >= 15 is 0 Å². The summed E-state index contributed by atoms with van der Waals surface area (Å²) in [7, 11) is -2.43. The number of halogens is 1. The Morgan fingerprint density at radius 3 is 2.52 bits per heavy atom. The van der Waals surface area contributed by atoms with Crippen LogP contribution in [-0.4, -0.2) is 26.6 Å². The Labute approximate surface area is 205 Å². The molecule has 3 rings (SSSR count). The highest BCUT2D eigenvalue weighted by Gasteiger charge is 2.22. The van der Waals surface area contributed by atoms with Crippen molar-refractivity contribution in [1.82, 2.24) is 4.98 Å². The number of rotatable bonds is 11. The fraction of sp³-hybridized carbons (Fsp3) is 0.375. The number of ether oxygens (including phenoxy) is 1. The van der Waals surface area contributed by atoms with Crippen molar-refractivity contribution in [2.24, 2.45) is 0 Å². The summed E-state index contributed by atoms with van der Waals surface area (Å²) in [4.78, 5) is 5.68. The topological polar surface area (TPSA) is 80.3 Å². The fourth-order valence-corrected chi connectivity index (χ4v) is 5.91. The summed E-state index contributed by atoms with van der Waals surface area (Å²) in [5.41, 5.74) is 2.05. The SMILES string of the molecule is CCCCC(CC)Nc1nc(C)c(-c2ccc(OC)c(S(=O)(=O)Nc3ccc(Cl)cc3)c2)s1. The number of nitrogens with one attached hydrogen (secondary N) is 2. The molecule has 6 nitrogen and oxygen atoms in total. The van der Waals surface area contributed by atoms with Crippen LogP contribution in [-0.2, 0) is 10.0 Å². The summed E-state index contributed by atoms with van der Waals surface area (Å²) in [6.45, 7) is 6.30. The first-order chi connectivity index (χ1) is 15.8. The Balaban J connectivity index is 1.92. The standard InChI is InChI=1S/C24H30ClN3O3S2/c1-5-7-8-19(6-2)27-24-26-16(3)23(32-24)17-9-14-21(31-4)22(15-17)33(29,30)28-20-12-10-18(25)11-13-20/h9-15,19,28H,5-8H2,1-4H3,(H,26,27). The van der Waals surface area contributed by atoms with Gasteiger partial charge in [-0.3, -0.25) is 4.72 Å². The van der Waals surface area contributed by atoms with E-state index in [2.05, 4.69) is 23.9 Å². The van der Waals surface area contributed by atoms with E-state index in [0.717, 1.165) is 40.5 Å². The van der Waals surface area contributed by atoms with Crippen LogP contribution >= 0.6 is 22.9 Å². The van der Waals surface area contributed by atoms with Crippen LogP contribution < -0.4 is 14.8 Å². The molecule has 178 valence electrons. The van der Waals surface area contributed by atoms with Crippen LogP contribution in [0.25, 0.3) is 10.4 Å². The number of anilines is 2. The van der Waals surface area contributed by atoms with Gasteiger partial charge in [-0.15, -0.1) is 0 Å². The van der Waals surface area contributed by atoms with E-state index in [1.165, 1.54) is 24.9 Å². The minimum Gasteiger partial charge on any atom is -0.495 e. The van der Waals surface area contributed by atoms with Crippen LogP contribution in [0.3, 0.4) is 0 Å². The first kappa shape index (κ1) is 25.3. The predicted octanol–water partition coefficient (Wildman–Crippen LogP) is 6.96.